The van der Waals surface area contributed by atoms with Crippen molar-refractivity contribution in [3.05, 3.63) is 64.7 Å². The number of aryl methyl sites for hydroxylation is 1. The summed E-state index contributed by atoms with van der Waals surface area (Å²) in [4.78, 5) is 2.24. The number of aliphatic hydroxyl groups is 1. The van der Waals surface area contributed by atoms with Crippen LogP contribution in [0.2, 0.25) is 0 Å². The van der Waals surface area contributed by atoms with Crippen LogP contribution >= 0.6 is 0 Å². The number of hydrogen-bond acceptors (Lipinski definition) is 4. The van der Waals surface area contributed by atoms with Crippen molar-refractivity contribution in [1.82, 2.24) is 5.32 Å². The van der Waals surface area contributed by atoms with Crippen LogP contribution in [0.4, 0.5) is 14.5 Å². The molecule has 2 unspecified atom stereocenters. The topological polar surface area (TPSA) is 61.5 Å². The molecule has 0 spiro atoms. The van der Waals surface area contributed by atoms with Gasteiger partial charge in [0.25, 0.3) is 0 Å². The van der Waals surface area contributed by atoms with E-state index in [0.717, 1.165) is 25.5 Å². The minimum absolute atomic E-state index is 0.145. The Labute approximate surface area is 165 Å². The number of nitrogens with zero attached hydrogens (tertiary/aromatic N) is 1. The van der Waals surface area contributed by atoms with Gasteiger partial charge in [-0.15, -0.1) is 0 Å². The largest absolute Gasteiger partial charge is 0.390 e. The van der Waals surface area contributed by atoms with Gasteiger partial charge >= 0.3 is 0 Å². The fourth-order valence-electron chi connectivity index (χ4n) is 3.81. The Morgan fingerprint density at radius 1 is 1.18 bits per heavy atom. The number of halogens is 2. The minimum Gasteiger partial charge on any atom is -0.390 e. The maximum Gasteiger partial charge on any atom is 0.126 e. The van der Waals surface area contributed by atoms with Crippen molar-refractivity contribution in [2.24, 2.45) is 5.73 Å². The van der Waals surface area contributed by atoms with Gasteiger partial charge in [-0.3, -0.25) is 0 Å². The number of fused-ring (bicyclic) bond motifs is 1. The molecule has 0 bridgehead atoms. The molecule has 6 heteroatoms. The Bertz CT molecular complexity index is 794. The maximum absolute atomic E-state index is 13.3. The zero-order valence-corrected chi connectivity index (χ0v) is 16.5. The normalized spacial score (nSPS) is 18.6. The minimum atomic E-state index is -0.816. The fourth-order valence-corrected chi connectivity index (χ4v) is 3.81. The second kappa shape index (κ2) is 8.99. The molecule has 28 heavy (non-hydrogen) atoms. The molecule has 2 aromatic carbocycles. The average Bonchev–Trinajstić information content (AvgIpc) is 2.66. The Balaban J connectivity index is 1.63. The second-order valence-corrected chi connectivity index (χ2v) is 7.63. The first-order chi connectivity index (χ1) is 13.4. The predicted molar refractivity (Wildman–Crippen MR) is 108 cm³/mol. The molecule has 0 aliphatic carbocycles. The molecular weight excluding hydrogens is 360 g/mol. The van der Waals surface area contributed by atoms with Crippen LogP contribution < -0.4 is 16.0 Å². The molecule has 2 aromatic rings. The standard InChI is InChI=1S/C22H29F2N3O/c1-3-14-4-5-21-18(10-14)20(6-7-27(21)2)26-13-22(28)19(25)11-15-8-16(23)12-17(24)9-15/h4-5,8-10,12,19-20,22,26,28H,3,6-7,11,13,25H2,1-2H3/t19?,20?,22-/m1/s1. The number of rotatable bonds is 7. The van der Waals surface area contributed by atoms with Gasteiger partial charge in [-0.25, -0.2) is 8.78 Å². The highest BCUT2D eigenvalue weighted by molar-refractivity contribution is 5.57. The van der Waals surface area contributed by atoms with E-state index >= 15 is 0 Å². The van der Waals surface area contributed by atoms with E-state index in [1.807, 2.05) is 0 Å². The summed E-state index contributed by atoms with van der Waals surface area (Å²) < 4.78 is 26.7. The van der Waals surface area contributed by atoms with Crippen LogP contribution in [0.5, 0.6) is 0 Å². The highest BCUT2D eigenvalue weighted by atomic mass is 19.1. The van der Waals surface area contributed by atoms with E-state index in [1.165, 1.54) is 28.9 Å². The molecule has 1 heterocycles. The molecule has 1 aliphatic rings. The van der Waals surface area contributed by atoms with Crippen molar-refractivity contribution in [3.8, 4) is 0 Å². The lowest BCUT2D eigenvalue weighted by Crippen LogP contribution is -2.45. The van der Waals surface area contributed by atoms with Gasteiger partial charge in [-0.05, 0) is 54.2 Å². The lowest BCUT2D eigenvalue weighted by molar-refractivity contribution is 0.137. The molecule has 0 saturated heterocycles. The summed E-state index contributed by atoms with van der Waals surface area (Å²) in [6.07, 6.45) is 1.31. The zero-order chi connectivity index (χ0) is 20.3. The Morgan fingerprint density at radius 2 is 1.89 bits per heavy atom. The third-order valence-electron chi connectivity index (χ3n) is 5.50. The summed E-state index contributed by atoms with van der Waals surface area (Å²) in [5, 5.41) is 13.9. The Morgan fingerprint density at radius 3 is 2.57 bits per heavy atom. The van der Waals surface area contributed by atoms with Crippen LogP contribution in [0.1, 0.15) is 36.1 Å². The summed E-state index contributed by atoms with van der Waals surface area (Å²) >= 11 is 0. The van der Waals surface area contributed by atoms with Gasteiger partial charge in [0.2, 0.25) is 0 Å². The molecule has 0 saturated carbocycles. The van der Waals surface area contributed by atoms with E-state index in [9.17, 15) is 13.9 Å². The molecule has 1 aliphatic heterocycles. The van der Waals surface area contributed by atoms with Gasteiger partial charge in [0.05, 0.1) is 6.10 Å². The number of nitrogens with two attached hydrogens (primary N) is 1. The predicted octanol–water partition coefficient (Wildman–Crippen LogP) is 2.93. The van der Waals surface area contributed by atoms with Crippen LogP contribution in [0.25, 0.3) is 0 Å². The molecule has 0 aromatic heterocycles. The molecule has 4 nitrogen and oxygen atoms in total. The number of aliphatic hydroxyl groups excluding tert-OH is 1. The van der Waals surface area contributed by atoms with Crippen molar-refractivity contribution in [2.45, 2.75) is 44.4 Å². The van der Waals surface area contributed by atoms with Gasteiger partial charge in [-0.1, -0.05) is 19.1 Å². The zero-order valence-electron chi connectivity index (χ0n) is 16.5. The van der Waals surface area contributed by atoms with E-state index in [2.05, 4.69) is 42.4 Å². The number of nitrogens with one attached hydrogen (secondary N) is 1. The SMILES string of the molecule is CCc1ccc2c(c1)C(NC[C@@H](O)C(N)Cc1cc(F)cc(F)c1)CCN2C. The third-order valence-corrected chi connectivity index (χ3v) is 5.50. The molecule has 152 valence electrons. The molecular formula is C22H29F2N3O. The molecule has 4 N–H and O–H groups in total. The van der Waals surface area contributed by atoms with Crippen molar-refractivity contribution in [1.29, 1.82) is 0 Å². The van der Waals surface area contributed by atoms with Crippen LogP contribution in [-0.2, 0) is 12.8 Å². The van der Waals surface area contributed by atoms with Gasteiger partial charge in [0, 0.05) is 44.0 Å². The summed E-state index contributed by atoms with van der Waals surface area (Å²) in [5.74, 6) is -1.27. The van der Waals surface area contributed by atoms with E-state index in [-0.39, 0.29) is 12.5 Å². The van der Waals surface area contributed by atoms with Crippen molar-refractivity contribution >= 4 is 5.69 Å². The van der Waals surface area contributed by atoms with Crippen LogP contribution in [0.15, 0.2) is 36.4 Å². The summed E-state index contributed by atoms with van der Waals surface area (Å²) in [6.45, 7) is 3.39. The van der Waals surface area contributed by atoms with Crippen LogP contribution in [0, 0.1) is 11.6 Å². The van der Waals surface area contributed by atoms with Gasteiger partial charge < -0.3 is 21.1 Å². The quantitative estimate of drug-likeness (QED) is 0.681. The first kappa shape index (κ1) is 20.7. The monoisotopic (exact) mass is 389 g/mol. The second-order valence-electron chi connectivity index (χ2n) is 7.63. The lowest BCUT2D eigenvalue weighted by Gasteiger charge is -2.35. The van der Waals surface area contributed by atoms with Crippen molar-refractivity contribution in [2.75, 3.05) is 25.0 Å². The number of hydrogen-bond donors (Lipinski definition) is 3. The van der Waals surface area contributed by atoms with Crippen molar-refractivity contribution < 1.29 is 13.9 Å². The van der Waals surface area contributed by atoms with E-state index < -0.39 is 23.8 Å². The van der Waals surface area contributed by atoms with Crippen LogP contribution in [-0.4, -0.2) is 37.4 Å². The summed E-state index contributed by atoms with van der Waals surface area (Å²) in [5.41, 5.74) is 10.3. The fraction of sp³-hybridized carbons (Fsp3) is 0.455. The first-order valence-corrected chi connectivity index (χ1v) is 9.83. The molecule has 0 fully saturated rings. The van der Waals surface area contributed by atoms with Crippen molar-refractivity contribution in [3.63, 3.8) is 0 Å². The van der Waals surface area contributed by atoms with Crippen LogP contribution in [0.3, 0.4) is 0 Å². The van der Waals surface area contributed by atoms with Gasteiger partial charge in [0.1, 0.15) is 11.6 Å². The number of anilines is 1. The van der Waals surface area contributed by atoms with Gasteiger partial charge in [-0.2, -0.15) is 0 Å². The smallest absolute Gasteiger partial charge is 0.126 e. The highest BCUT2D eigenvalue weighted by Gasteiger charge is 2.25. The third kappa shape index (κ3) is 4.87. The van der Waals surface area contributed by atoms with E-state index in [0.29, 0.717) is 12.1 Å². The molecule has 3 rings (SSSR count). The van der Waals surface area contributed by atoms with E-state index in [1.54, 1.807) is 0 Å². The van der Waals surface area contributed by atoms with Gasteiger partial charge in [0.15, 0.2) is 0 Å². The molecule has 0 amide bonds. The molecule has 3 atom stereocenters. The first-order valence-electron chi connectivity index (χ1n) is 9.83. The summed E-state index contributed by atoms with van der Waals surface area (Å²) in [7, 11) is 2.09. The summed E-state index contributed by atoms with van der Waals surface area (Å²) in [6, 6.07) is 9.40. The molecule has 0 radical (unpaired) electrons. The number of benzene rings is 2. The average molecular weight is 389 g/mol. The maximum atomic E-state index is 13.3. The lowest BCUT2D eigenvalue weighted by atomic mass is 9.93. The Hall–Kier alpha value is -2.02. The van der Waals surface area contributed by atoms with E-state index in [4.69, 9.17) is 5.73 Å². The Kier molecular flexibility index (Phi) is 6.65. The highest BCUT2D eigenvalue weighted by Crippen LogP contribution is 2.33.